The molecule has 7 rings (SSSR count). The van der Waals surface area contributed by atoms with E-state index in [0.29, 0.717) is 41.2 Å². The average Bonchev–Trinajstić information content (AvgIpc) is 3.78. The molecular formula is C30H31N9O5S. The Morgan fingerprint density at radius 1 is 1.00 bits per heavy atom. The van der Waals surface area contributed by atoms with E-state index >= 15 is 0 Å². The number of piperidine rings is 1. The molecule has 0 unspecified atom stereocenters. The fraction of sp³-hybridized carbons (Fsp3) is 0.333. The molecule has 0 radical (unpaired) electrons. The predicted molar refractivity (Wildman–Crippen MR) is 164 cm³/mol. The second-order valence-corrected chi connectivity index (χ2v) is 13.3. The van der Waals surface area contributed by atoms with Crippen molar-refractivity contribution in [3.8, 4) is 33.9 Å². The van der Waals surface area contributed by atoms with Crippen LogP contribution in [0.3, 0.4) is 0 Å². The van der Waals surface area contributed by atoms with Crippen molar-refractivity contribution in [1.29, 1.82) is 0 Å². The zero-order valence-corrected chi connectivity index (χ0v) is 25.7. The molecule has 0 spiro atoms. The van der Waals surface area contributed by atoms with Crippen LogP contribution in [-0.2, 0) is 9.84 Å². The Bertz CT molecular complexity index is 2010. The van der Waals surface area contributed by atoms with Crippen LogP contribution in [0.15, 0.2) is 53.9 Å². The first kappa shape index (κ1) is 28.7. The normalized spacial score (nSPS) is 19.6. The van der Waals surface area contributed by atoms with E-state index in [1.165, 1.54) is 10.8 Å². The molecule has 1 amide bonds. The predicted octanol–water partition coefficient (Wildman–Crippen LogP) is 3.13. The largest absolute Gasteiger partial charge is 0.493 e. The number of ether oxygens (including phenoxy) is 2. The lowest BCUT2D eigenvalue weighted by Gasteiger charge is -2.38. The third-order valence-corrected chi connectivity index (χ3v) is 9.92. The molecule has 4 aromatic heterocycles. The SMILES string of the molecule is COc1ccc(-c2ccc(-c3cnn4c(N)c(S(C)(=O)=O)c(C5C[C@@H]6CC[C@@H](C5)N6C(=O)c5ncn[nH]5)nc34)cn2)cc1OC. The number of amides is 1. The van der Waals surface area contributed by atoms with E-state index in [9.17, 15) is 13.2 Å². The van der Waals surface area contributed by atoms with Crippen LogP contribution >= 0.6 is 0 Å². The lowest BCUT2D eigenvalue weighted by Crippen LogP contribution is -2.46. The summed E-state index contributed by atoms with van der Waals surface area (Å²) in [6.45, 7) is 0. The van der Waals surface area contributed by atoms with Crippen molar-refractivity contribution < 1.29 is 22.7 Å². The van der Waals surface area contributed by atoms with Crippen molar-refractivity contribution in [3.63, 3.8) is 0 Å². The Balaban J connectivity index is 1.26. The van der Waals surface area contributed by atoms with Crippen molar-refractivity contribution in [2.24, 2.45) is 0 Å². The number of benzene rings is 1. The number of H-pyrrole nitrogens is 1. The van der Waals surface area contributed by atoms with E-state index in [-0.39, 0.29) is 40.4 Å². The number of sulfone groups is 1. The molecular weight excluding hydrogens is 598 g/mol. The van der Waals surface area contributed by atoms with Gasteiger partial charge in [0.05, 0.1) is 31.8 Å². The number of methoxy groups -OCH3 is 2. The molecule has 45 heavy (non-hydrogen) atoms. The van der Waals surface area contributed by atoms with Crippen molar-refractivity contribution in [1.82, 2.24) is 39.7 Å². The minimum absolute atomic E-state index is 0.00571. The number of pyridine rings is 1. The number of aromatic amines is 1. The van der Waals surface area contributed by atoms with Crippen molar-refractivity contribution >= 4 is 27.2 Å². The number of nitrogens with zero attached hydrogens (tertiary/aromatic N) is 7. The molecule has 5 aromatic rings. The van der Waals surface area contributed by atoms with Gasteiger partial charge in [0.25, 0.3) is 5.91 Å². The molecule has 2 fully saturated rings. The second kappa shape index (κ2) is 10.8. The van der Waals surface area contributed by atoms with Crippen LogP contribution in [0.2, 0.25) is 0 Å². The fourth-order valence-corrected chi connectivity index (χ4v) is 7.82. The molecule has 0 saturated carbocycles. The summed E-state index contributed by atoms with van der Waals surface area (Å²) in [7, 11) is -0.606. The molecule has 2 aliphatic heterocycles. The Morgan fingerprint density at radius 2 is 1.73 bits per heavy atom. The average molecular weight is 630 g/mol. The van der Waals surface area contributed by atoms with Gasteiger partial charge in [-0.2, -0.15) is 14.7 Å². The summed E-state index contributed by atoms with van der Waals surface area (Å²) in [5.74, 6) is 0.987. The zero-order valence-electron chi connectivity index (χ0n) is 24.8. The second-order valence-electron chi connectivity index (χ2n) is 11.4. The molecule has 2 saturated heterocycles. The molecule has 2 atom stereocenters. The van der Waals surface area contributed by atoms with Gasteiger partial charge in [0.2, 0.25) is 5.82 Å². The van der Waals surface area contributed by atoms with E-state index in [0.717, 1.165) is 35.9 Å². The lowest BCUT2D eigenvalue weighted by atomic mass is 9.87. The summed E-state index contributed by atoms with van der Waals surface area (Å²) < 4.78 is 38.4. The molecule has 14 nitrogen and oxygen atoms in total. The van der Waals surface area contributed by atoms with Crippen LogP contribution in [0.5, 0.6) is 11.5 Å². The summed E-state index contributed by atoms with van der Waals surface area (Å²) in [6, 6.07) is 9.20. The van der Waals surface area contributed by atoms with Gasteiger partial charge in [-0.15, -0.1) is 0 Å². The van der Waals surface area contributed by atoms with Gasteiger partial charge in [-0.1, -0.05) is 6.07 Å². The van der Waals surface area contributed by atoms with E-state index in [1.54, 1.807) is 26.6 Å². The van der Waals surface area contributed by atoms with Crippen LogP contribution < -0.4 is 15.2 Å². The Labute approximate surface area is 258 Å². The summed E-state index contributed by atoms with van der Waals surface area (Å²) >= 11 is 0. The highest BCUT2D eigenvalue weighted by Gasteiger charge is 2.46. The van der Waals surface area contributed by atoms with Gasteiger partial charge >= 0.3 is 0 Å². The number of carbonyl (C=O) groups is 1. The van der Waals surface area contributed by atoms with Gasteiger partial charge in [0.1, 0.15) is 17.0 Å². The number of carbonyl (C=O) groups excluding carboxylic acids is 1. The monoisotopic (exact) mass is 629 g/mol. The summed E-state index contributed by atoms with van der Waals surface area (Å²) in [4.78, 5) is 28.7. The maximum Gasteiger partial charge on any atom is 0.291 e. The number of hydrogen-bond acceptors (Lipinski definition) is 11. The minimum atomic E-state index is -3.77. The fourth-order valence-electron chi connectivity index (χ4n) is 6.76. The van der Waals surface area contributed by atoms with E-state index in [1.807, 2.05) is 35.2 Å². The molecule has 1 aromatic carbocycles. The first-order chi connectivity index (χ1) is 21.7. The van der Waals surface area contributed by atoms with Crippen LogP contribution in [0, 0.1) is 0 Å². The number of fused-ring (bicyclic) bond motifs is 3. The Morgan fingerprint density at radius 3 is 2.36 bits per heavy atom. The molecule has 15 heteroatoms. The van der Waals surface area contributed by atoms with Gasteiger partial charge in [-0.05, 0) is 49.9 Å². The molecule has 3 N–H and O–H groups in total. The van der Waals surface area contributed by atoms with Gasteiger partial charge in [-0.3, -0.25) is 14.9 Å². The molecule has 0 aliphatic carbocycles. The minimum Gasteiger partial charge on any atom is -0.493 e. The van der Waals surface area contributed by atoms with Crippen LogP contribution in [0.25, 0.3) is 28.0 Å². The quantitative estimate of drug-likeness (QED) is 0.270. The number of nitrogens with one attached hydrogen (secondary N) is 1. The van der Waals surface area contributed by atoms with Gasteiger partial charge < -0.3 is 20.1 Å². The number of hydrogen-bond donors (Lipinski definition) is 2. The summed E-state index contributed by atoms with van der Waals surface area (Å²) in [5.41, 5.74) is 10.4. The first-order valence-electron chi connectivity index (χ1n) is 14.4. The highest BCUT2D eigenvalue weighted by molar-refractivity contribution is 7.91. The Hall–Kier alpha value is -5.05. The van der Waals surface area contributed by atoms with E-state index in [2.05, 4.69) is 25.3 Å². The van der Waals surface area contributed by atoms with Crippen LogP contribution in [-0.4, -0.2) is 86.5 Å². The number of anilines is 1. The number of rotatable bonds is 7. The van der Waals surface area contributed by atoms with Crippen molar-refractivity contribution in [2.75, 3.05) is 26.2 Å². The standard InChI is InChI=1S/C30H31N9O5S/c1-43-23-9-5-16(12-24(23)44-2)22-8-4-17(13-32-22)21-14-35-39-27(31)26(45(3,41)42)25(36-29(21)39)18-10-19-6-7-20(11-18)38(19)30(40)28-33-15-34-37-28/h4-5,8-9,12-15,18-20H,6-7,10-11,31H2,1-3H3,(H,33,34,37)/t19-,20-/m0/s1. The highest BCUT2D eigenvalue weighted by atomic mass is 32.2. The van der Waals surface area contributed by atoms with E-state index in [4.69, 9.17) is 20.2 Å². The summed E-state index contributed by atoms with van der Waals surface area (Å²) in [6.07, 6.45) is 8.49. The zero-order chi connectivity index (χ0) is 31.5. The third-order valence-electron chi connectivity index (χ3n) is 8.76. The lowest BCUT2D eigenvalue weighted by molar-refractivity contribution is 0.0556. The van der Waals surface area contributed by atoms with Gasteiger partial charge in [0.15, 0.2) is 27.0 Å². The third kappa shape index (κ3) is 4.83. The number of nitrogens with two attached hydrogens (primary N) is 1. The van der Waals surface area contributed by atoms with E-state index < -0.39 is 9.84 Å². The topological polar surface area (TPSA) is 184 Å². The number of nitrogen functional groups attached to an aromatic ring is 1. The summed E-state index contributed by atoms with van der Waals surface area (Å²) in [5, 5.41) is 10.9. The molecule has 2 bridgehead atoms. The molecule has 232 valence electrons. The smallest absolute Gasteiger partial charge is 0.291 e. The maximum atomic E-state index is 13.2. The number of aromatic nitrogens is 7. The van der Waals surface area contributed by atoms with Crippen LogP contribution in [0.4, 0.5) is 5.82 Å². The van der Waals surface area contributed by atoms with Gasteiger partial charge in [0, 0.05) is 47.1 Å². The maximum absolute atomic E-state index is 13.2. The molecule has 2 aliphatic rings. The van der Waals surface area contributed by atoms with Crippen molar-refractivity contribution in [3.05, 3.63) is 60.6 Å². The van der Waals surface area contributed by atoms with Crippen LogP contribution in [0.1, 0.15) is 47.9 Å². The van der Waals surface area contributed by atoms with Gasteiger partial charge in [-0.25, -0.2) is 18.4 Å². The first-order valence-corrected chi connectivity index (χ1v) is 16.3. The Kier molecular flexibility index (Phi) is 6.91. The highest BCUT2D eigenvalue weighted by Crippen LogP contribution is 2.45. The van der Waals surface area contributed by atoms with Crippen molar-refractivity contribution in [2.45, 2.75) is 48.6 Å². The molecule has 6 heterocycles.